The number of fused-ring (bicyclic) bond motifs is 1. The molecule has 1 amide bonds. The monoisotopic (exact) mass is 327 g/mol. The summed E-state index contributed by atoms with van der Waals surface area (Å²) in [4.78, 5) is 19.0. The fourth-order valence-corrected chi connectivity index (χ4v) is 3.64. The largest absolute Gasteiger partial charge is 0.350 e. The number of hydrogen-bond donors (Lipinski definition) is 1. The Morgan fingerprint density at radius 3 is 3.26 bits per heavy atom. The number of carbonyl (C=O) groups excluding carboxylic acids is 1. The molecule has 120 valence electrons. The van der Waals surface area contributed by atoms with E-state index < -0.39 is 0 Å². The smallest absolute Gasteiger partial charge is 0.251 e. The number of likely N-dealkylation sites (tertiary alicyclic amines) is 1. The summed E-state index contributed by atoms with van der Waals surface area (Å²) in [5, 5.41) is 3.07. The number of aromatic nitrogens is 1. The Balaban J connectivity index is 1.57. The van der Waals surface area contributed by atoms with Gasteiger partial charge in [-0.05, 0) is 37.6 Å². The highest BCUT2D eigenvalue weighted by molar-refractivity contribution is 7.16. The molecule has 1 aromatic heterocycles. The summed E-state index contributed by atoms with van der Waals surface area (Å²) in [6, 6.07) is 6.07. The maximum atomic E-state index is 12.4. The zero-order chi connectivity index (χ0) is 16.1. The summed E-state index contributed by atoms with van der Waals surface area (Å²) in [6.45, 7) is 4.63. The van der Waals surface area contributed by atoms with Crippen molar-refractivity contribution in [3.05, 3.63) is 29.3 Å². The lowest BCUT2D eigenvalue weighted by molar-refractivity contribution is 0.0942. The Labute approximate surface area is 140 Å². The van der Waals surface area contributed by atoms with Crippen LogP contribution >= 0.6 is 11.3 Å². The number of benzene rings is 1. The molecule has 23 heavy (non-hydrogen) atoms. The fourth-order valence-electron chi connectivity index (χ4n) is 2.93. The van der Waals surface area contributed by atoms with Gasteiger partial charge in [0.2, 0.25) is 0 Å². The molecule has 1 atom stereocenters. The summed E-state index contributed by atoms with van der Waals surface area (Å²) in [6.07, 6.45) is 3.21. The minimum Gasteiger partial charge on any atom is -0.350 e. The fraction of sp³-hybridized carbons (Fsp3) is 0.444. The highest BCUT2D eigenvalue weighted by atomic mass is 32.1. The number of rotatable bonds is 4. The molecule has 1 aromatic carbocycles. The van der Waals surface area contributed by atoms with Crippen LogP contribution in [0.25, 0.3) is 10.2 Å². The van der Waals surface area contributed by atoms with E-state index in [2.05, 4.69) is 34.0 Å². The van der Waals surface area contributed by atoms with Crippen LogP contribution in [-0.2, 0) is 0 Å². The molecule has 1 N–H and O–H groups in total. The molecule has 0 unspecified atom stereocenters. The minimum absolute atomic E-state index is 0.00760. The first-order valence-electron chi connectivity index (χ1n) is 8.09. The predicted octanol–water partition coefficient (Wildman–Crippen LogP) is 2.90. The first kappa shape index (κ1) is 16.0. The number of nitrogens with zero attached hydrogens (tertiary/aromatic N) is 2. The summed E-state index contributed by atoms with van der Waals surface area (Å²) in [5.41, 5.74) is 3.46. The molecule has 2 heterocycles. The molecule has 0 spiro atoms. The Morgan fingerprint density at radius 1 is 1.48 bits per heavy atom. The maximum Gasteiger partial charge on any atom is 0.251 e. The Bertz CT molecular complexity index is 743. The van der Waals surface area contributed by atoms with Crippen molar-refractivity contribution in [1.82, 2.24) is 15.2 Å². The van der Waals surface area contributed by atoms with E-state index in [1.54, 1.807) is 16.8 Å². The highest BCUT2D eigenvalue weighted by Crippen LogP contribution is 2.19. The Hall–Kier alpha value is -1.90. The van der Waals surface area contributed by atoms with Gasteiger partial charge in [0.15, 0.2) is 0 Å². The van der Waals surface area contributed by atoms with E-state index in [9.17, 15) is 4.79 Å². The third-order valence-corrected chi connectivity index (χ3v) is 4.97. The number of hydrogen-bond acceptors (Lipinski definition) is 4. The Kier molecular flexibility index (Phi) is 5.27. The lowest BCUT2D eigenvalue weighted by atomic mass is 10.2. The van der Waals surface area contributed by atoms with Gasteiger partial charge in [-0.25, -0.2) is 4.98 Å². The van der Waals surface area contributed by atoms with Crippen LogP contribution in [0.1, 0.15) is 36.5 Å². The number of nitrogens with one attached hydrogen (secondary N) is 1. The zero-order valence-corrected chi connectivity index (χ0v) is 14.2. The van der Waals surface area contributed by atoms with Gasteiger partial charge >= 0.3 is 0 Å². The van der Waals surface area contributed by atoms with Gasteiger partial charge in [-0.1, -0.05) is 12.8 Å². The average Bonchev–Trinajstić information content (AvgIpc) is 3.21. The van der Waals surface area contributed by atoms with Crippen molar-refractivity contribution >= 4 is 27.5 Å². The van der Waals surface area contributed by atoms with Crippen LogP contribution in [0.15, 0.2) is 23.7 Å². The molecule has 0 aliphatic carbocycles. The van der Waals surface area contributed by atoms with Gasteiger partial charge in [0, 0.05) is 24.6 Å². The summed E-state index contributed by atoms with van der Waals surface area (Å²) in [5.74, 6) is 6.31. The van der Waals surface area contributed by atoms with Gasteiger partial charge in [-0.3, -0.25) is 9.69 Å². The maximum absolute atomic E-state index is 12.4. The van der Waals surface area contributed by atoms with Gasteiger partial charge < -0.3 is 5.32 Å². The predicted molar refractivity (Wildman–Crippen MR) is 94.6 cm³/mol. The van der Waals surface area contributed by atoms with Crippen LogP contribution in [0.5, 0.6) is 0 Å². The topological polar surface area (TPSA) is 45.2 Å². The number of thiazole rings is 1. The Morgan fingerprint density at radius 2 is 2.39 bits per heavy atom. The SMILES string of the molecule is CCC#CCN1CCC[C@H]1CNC(=O)c1ccc2ncsc2c1. The third-order valence-electron chi connectivity index (χ3n) is 4.17. The molecule has 1 saturated heterocycles. The van der Waals surface area contributed by atoms with Crippen molar-refractivity contribution in [2.24, 2.45) is 0 Å². The van der Waals surface area contributed by atoms with Crippen molar-refractivity contribution in [3.63, 3.8) is 0 Å². The molecule has 4 nitrogen and oxygen atoms in total. The molecule has 0 bridgehead atoms. The van der Waals surface area contributed by atoms with Crippen molar-refractivity contribution in [1.29, 1.82) is 0 Å². The number of carbonyl (C=O) groups is 1. The van der Waals surface area contributed by atoms with Gasteiger partial charge in [-0.2, -0.15) is 0 Å². The van der Waals surface area contributed by atoms with Crippen molar-refractivity contribution in [3.8, 4) is 11.8 Å². The quantitative estimate of drug-likeness (QED) is 0.878. The van der Waals surface area contributed by atoms with Crippen molar-refractivity contribution in [2.75, 3.05) is 19.6 Å². The standard InChI is InChI=1S/C18H21N3OS/c1-2-3-4-9-21-10-5-6-15(21)12-19-18(22)14-7-8-16-17(11-14)23-13-20-16/h7-8,11,13,15H,2,5-6,9-10,12H2,1H3,(H,19,22)/t15-/m0/s1. The second kappa shape index (κ2) is 7.58. The van der Waals surface area contributed by atoms with E-state index in [1.807, 2.05) is 18.2 Å². The molecule has 1 fully saturated rings. The highest BCUT2D eigenvalue weighted by Gasteiger charge is 2.24. The van der Waals surface area contributed by atoms with Crippen molar-refractivity contribution < 1.29 is 4.79 Å². The third kappa shape index (κ3) is 3.90. The molecule has 3 rings (SSSR count). The van der Waals surface area contributed by atoms with E-state index in [0.29, 0.717) is 18.2 Å². The first-order chi connectivity index (χ1) is 11.3. The molecule has 1 aliphatic heterocycles. The van der Waals surface area contributed by atoms with Crippen LogP contribution < -0.4 is 5.32 Å². The summed E-state index contributed by atoms with van der Waals surface area (Å²) >= 11 is 1.56. The normalized spacial score (nSPS) is 17.9. The van der Waals surface area contributed by atoms with E-state index >= 15 is 0 Å². The molecule has 5 heteroatoms. The second-order valence-corrected chi connectivity index (χ2v) is 6.60. The van der Waals surface area contributed by atoms with Gasteiger partial charge in [0.25, 0.3) is 5.91 Å². The van der Waals surface area contributed by atoms with Gasteiger partial charge in [0.1, 0.15) is 0 Å². The van der Waals surface area contributed by atoms with E-state index in [4.69, 9.17) is 0 Å². The van der Waals surface area contributed by atoms with Crippen LogP contribution in [0.4, 0.5) is 0 Å². The lowest BCUT2D eigenvalue weighted by Gasteiger charge is -2.22. The summed E-state index contributed by atoms with van der Waals surface area (Å²) in [7, 11) is 0. The van der Waals surface area contributed by atoms with E-state index in [1.165, 1.54) is 6.42 Å². The molecule has 1 aliphatic rings. The molecular formula is C18H21N3OS. The van der Waals surface area contributed by atoms with Crippen LogP contribution in [0, 0.1) is 11.8 Å². The van der Waals surface area contributed by atoms with E-state index in [-0.39, 0.29) is 5.91 Å². The molecule has 0 radical (unpaired) electrons. The summed E-state index contributed by atoms with van der Waals surface area (Å²) < 4.78 is 1.05. The first-order valence-corrected chi connectivity index (χ1v) is 8.97. The molecule has 2 aromatic rings. The lowest BCUT2D eigenvalue weighted by Crippen LogP contribution is -2.40. The minimum atomic E-state index is -0.00760. The van der Waals surface area contributed by atoms with Gasteiger partial charge in [-0.15, -0.1) is 17.3 Å². The van der Waals surface area contributed by atoms with Gasteiger partial charge in [0.05, 0.1) is 22.3 Å². The molecular weight excluding hydrogens is 306 g/mol. The second-order valence-electron chi connectivity index (χ2n) is 5.72. The van der Waals surface area contributed by atoms with Crippen LogP contribution in [0.3, 0.4) is 0 Å². The van der Waals surface area contributed by atoms with E-state index in [0.717, 1.165) is 36.1 Å². The average molecular weight is 327 g/mol. The molecule has 0 saturated carbocycles. The van der Waals surface area contributed by atoms with Crippen LogP contribution in [-0.4, -0.2) is 41.5 Å². The van der Waals surface area contributed by atoms with Crippen molar-refractivity contribution in [2.45, 2.75) is 32.2 Å². The number of amides is 1. The zero-order valence-electron chi connectivity index (χ0n) is 13.3. The van der Waals surface area contributed by atoms with Crippen LogP contribution in [0.2, 0.25) is 0 Å².